The van der Waals surface area contributed by atoms with Crippen molar-refractivity contribution in [2.45, 2.75) is 19.1 Å². The number of halogens is 3. The molecule has 0 spiro atoms. The molecule has 2 aromatic heterocycles. The maximum atomic E-state index is 13.0. The smallest absolute Gasteiger partial charge is 0.366 e. The van der Waals surface area contributed by atoms with Crippen LogP contribution in [0.25, 0.3) is 22.8 Å². The van der Waals surface area contributed by atoms with Gasteiger partial charge in [0.1, 0.15) is 18.1 Å². The number of nitrogens with two attached hydrogens (primary N) is 1. The number of alkyl halides is 3. The van der Waals surface area contributed by atoms with Gasteiger partial charge >= 0.3 is 6.18 Å². The second-order valence-electron chi connectivity index (χ2n) is 5.60. The van der Waals surface area contributed by atoms with Gasteiger partial charge in [-0.2, -0.15) is 13.2 Å². The normalized spacial score (nSPS) is 12.8. The van der Waals surface area contributed by atoms with E-state index in [1.165, 1.54) is 6.07 Å². The minimum Gasteiger partial charge on any atom is -0.366 e. The Morgan fingerprint density at radius 1 is 1.12 bits per heavy atom. The molecule has 0 radical (unpaired) electrons. The van der Waals surface area contributed by atoms with E-state index in [-0.39, 0.29) is 17.1 Å². The fourth-order valence-electron chi connectivity index (χ4n) is 2.50. The lowest BCUT2D eigenvalue weighted by molar-refractivity contribution is -0.162. The van der Waals surface area contributed by atoms with E-state index in [9.17, 15) is 18.0 Å². The SMILES string of the molecule is CC(n1cnnc1-c1cccc(-c2ccccc2C(N)=O)n1)C(F)(F)F. The van der Waals surface area contributed by atoms with Gasteiger partial charge in [-0.3, -0.25) is 4.79 Å². The molecule has 134 valence electrons. The molecule has 0 fully saturated rings. The summed E-state index contributed by atoms with van der Waals surface area (Å²) in [5, 5.41) is 7.35. The maximum Gasteiger partial charge on any atom is 0.408 e. The zero-order chi connectivity index (χ0) is 18.9. The van der Waals surface area contributed by atoms with Crippen LogP contribution in [0.5, 0.6) is 0 Å². The Kier molecular flexibility index (Phi) is 4.45. The van der Waals surface area contributed by atoms with Crippen molar-refractivity contribution in [3.8, 4) is 22.8 Å². The van der Waals surface area contributed by atoms with Crippen LogP contribution in [0.4, 0.5) is 13.2 Å². The highest BCUT2D eigenvalue weighted by molar-refractivity contribution is 5.99. The van der Waals surface area contributed by atoms with Crippen molar-refractivity contribution >= 4 is 5.91 Å². The molecule has 0 aliphatic heterocycles. The van der Waals surface area contributed by atoms with Gasteiger partial charge in [-0.1, -0.05) is 24.3 Å². The van der Waals surface area contributed by atoms with Crippen LogP contribution in [0, 0.1) is 0 Å². The number of benzene rings is 1. The van der Waals surface area contributed by atoms with E-state index >= 15 is 0 Å². The van der Waals surface area contributed by atoms with E-state index in [4.69, 9.17) is 5.73 Å². The van der Waals surface area contributed by atoms with Gasteiger partial charge in [0.15, 0.2) is 5.82 Å². The zero-order valence-electron chi connectivity index (χ0n) is 13.6. The van der Waals surface area contributed by atoms with Crippen molar-refractivity contribution in [1.29, 1.82) is 0 Å². The molecule has 6 nitrogen and oxygen atoms in total. The van der Waals surface area contributed by atoms with Crippen molar-refractivity contribution in [3.63, 3.8) is 0 Å². The van der Waals surface area contributed by atoms with Crippen LogP contribution >= 0.6 is 0 Å². The number of hydrogen-bond acceptors (Lipinski definition) is 4. The Bertz CT molecular complexity index is 951. The van der Waals surface area contributed by atoms with E-state index in [0.717, 1.165) is 17.8 Å². The first-order chi connectivity index (χ1) is 12.3. The molecule has 2 N–H and O–H groups in total. The predicted molar refractivity (Wildman–Crippen MR) is 88.0 cm³/mol. The standard InChI is InChI=1S/C17H14F3N5O/c1-10(17(18,19)20)25-9-22-24-16(25)14-8-4-7-13(23-14)11-5-2-3-6-12(11)15(21)26/h2-10H,1H3,(H2,21,26). The first-order valence-electron chi connectivity index (χ1n) is 7.62. The van der Waals surface area contributed by atoms with Crippen molar-refractivity contribution in [1.82, 2.24) is 19.7 Å². The summed E-state index contributed by atoms with van der Waals surface area (Å²) >= 11 is 0. The van der Waals surface area contributed by atoms with E-state index in [1.54, 1.807) is 36.4 Å². The Balaban J connectivity index is 2.08. The number of pyridine rings is 1. The van der Waals surface area contributed by atoms with Crippen LogP contribution in [0.2, 0.25) is 0 Å². The predicted octanol–water partition coefficient (Wildman–Crippen LogP) is 3.23. The largest absolute Gasteiger partial charge is 0.408 e. The van der Waals surface area contributed by atoms with Crippen molar-refractivity contribution in [2.75, 3.05) is 0 Å². The first kappa shape index (κ1) is 17.6. The second kappa shape index (κ2) is 6.58. The van der Waals surface area contributed by atoms with Gasteiger partial charge in [0, 0.05) is 11.1 Å². The molecule has 3 rings (SSSR count). The lowest BCUT2D eigenvalue weighted by Crippen LogP contribution is -2.24. The van der Waals surface area contributed by atoms with Crippen molar-refractivity contribution < 1.29 is 18.0 Å². The fraction of sp³-hybridized carbons (Fsp3) is 0.176. The van der Waals surface area contributed by atoms with Crippen molar-refractivity contribution in [2.24, 2.45) is 5.73 Å². The van der Waals surface area contributed by atoms with Crippen LogP contribution in [0.1, 0.15) is 23.3 Å². The summed E-state index contributed by atoms with van der Waals surface area (Å²) in [6.45, 7) is 1.01. The van der Waals surface area contributed by atoms with Crippen LogP contribution in [0.15, 0.2) is 48.8 Å². The number of aromatic nitrogens is 4. The third kappa shape index (κ3) is 3.28. The Morgan fingerprint density at radius 2 is 1.81 bits per heavy atom. The molecule has 0 saturated heterocycles. The molecule has 0 saturated carbocycles. The highest BCUT2D eigenvalue weighted by Gasteiger charge is 2.38. The monoisotopic (exact) mass is 361 g/mol. The van der Waals surface area contributed by atoms with E-state index < -0.39 is 18.1 Å². The molecule has 3 aromatic rings. The van der Waals surface area contributed by atoms with Crippen LogP contribution < -0.4 is 5.73 Å². The lowest BCUT2D eigenvalue weighted by Gasteiger charge is -2.18. The Hall–Kier alpha value is -3.23. The molecular formula is C17H14F3N5O. The molecule has 1 unspecified atom stereocenters. The molecule has 9 heteroatoms. The van der Waals surface area contributed by atoms with Crippen LogP contribution in [0.3, 0.4) is 0 Å². The molecule has 0 aliphatic carbocycles. The lowest BCUT2D eigenvalue weighted by atomic mass is 10.0. The highest BCUT2D eigenvalue weighted by atomic mass is 19.4. The van der Waals surface area contributed by atoms with E-state index in [2.05, 4.69) is 15.2 Å². The number of carbonyl (C=O) groups excluding carboxylic acids is 1. The quantitative estimate of drug-likeness (QED) is 0.773. The van der Waals surface area contributed by atoms with Crippen LogP contribution in [-0.2, 0) is 0 Å². The zero-order valence-corrected chi connectivity index (χ0v) is 13.6. The third-order valence-electron chi connectivity index (χ3n) is 3.91. The summed E-state index contributed by atoms with van der Waals surface area (Å²) in [7, 11) is 0. The Labute approximate surface area is 146 Å². The summed E-state index contributed by atoms with van der Waals surface area (Å²) in [4.78, 5) is 16.0. The molecule has 2 heterocycles. The molecule has 0 bridgehead atoms. The Morgan fingerprint density at radius 3 is 2.50 bits per heavy atom. The number of nitrogens with zero attached hydrogens (tertiary/aromatic N) is 4. The topological polar surface area (TPSA) is 86.7 Å². The van der Waals surface area contributed by atoms with Gasteiger partial charge in [0.2, 0.25) is 5.91 Å². The van der Waals surface area contributed by atoms with Gasteiger partial charge in [0.25, 0.3) is 0 Å². The summed E-state index contributed by atoms with van der Waals surface area (Å²) in [5.74, 6) is -0.644. The van der Waals surface area contributed by atoms with Gasteiger partial charge in [-0.05, 0) is 25.1 Å². The average molecular weight is 361 g/mol. The van der Waals surface area contributed by atoms with Gasteiger partial charge in [0.05, 0.1) is 5.69 Å². The van der Waals surface area contributed by atoms with Gasteiger partial charge < -0.3 is 10.3 Å². The first-order valence-corrected chi connectivity index (χ1v) is 7.62. The summed E-state index contributed by atoms with van der Waals surface area (Å²) in [6.07, 6.45) is -3.44. The minimum atomic E-state index is -4.45. The molecule has 1 amide bonds. The molecule has 1 atom stereocenters. The number of hydrogen-bond donors (Lipinski definition) is 1. The van der Waals surface area contributed by atoms with E-state index in [0.29, 0.717) is 11.3 Å². The van der Waals surface area contributed by atoms with Crippen LogP contribution in [-0.4, -0.2) is 31.8 Å². The third-order valence-corrected chi connectivity index (χ3v) is 3.91. The maximum absolute atomic E-state index is 13.0. The van der Waals surface area contributed by atoms with Crippen molar-refractivity contribution in [3.05, 3.63) is 54.4 Å². The summed E-state index contributed by atoms with van der Waals surface area (Å²) in [6, 6.07) is 9.57. The highest BCUT2D eigenvalue weighted by Crippen LogP contribution is 2.33. The van der Waals surface area contributed by atoms with E-state index in [1.807, 2.05) is 0 Å². The number of rotatable bonds is 4. The second-order valence-corrected chi connectivity index (χ2v) is 5.60. The number of primary amides is 1. The fourth-order valence-corrected chi connectivity index (χ4v) is 2.50. The van der Waals surface area contributed by atoms with Gasteiger partial charge in [-0.25, -0.2) is 4.98 Å². The van der Waals surface area contributed by atoms with Gasteiger partial charge in [-0.15, -0.1) is 10.2 Å². The minimum absolute atomic E-state index is 0.0202. The summed E-state index contributed by atoms with van der Waals surface area (Å²) < 4.78 is 40.0. The molecule has 26 heavy (non-hydrogen) atoms. The average Bonchev–Trinajstić information content (AvgIpc) is 3.10. The molecule has 0 aliphatic rings. The number of carbonyl (C=O) groups is 1. The summed E-state index contributed by atoms with van der Waals surface area (Å²) in [5.41, 5.74) is 6.73. The molecular weight excluding hydrogens is 347 g/mol. The number of amides is 1. The molecule has 1 aromatic carbocycles.